The summed E-state index contributed by atoms with van der Waals surface area (Å²) in [6, 6.07) is 4.47. The van der Waals surface area contributed by atoms with Crippen LogP contribution in [-0.2, 0) is 17.7 Å². The van der Waals surface area contributed by atoms with E-state index in [0.29, 0.717) is 18.9 Å². The van der Waals surface area contributed by atoms with Gasteiger partial charge in [0.2, 0.25) is 11.8 Å². The van der Waals surface area contributed by atoms with Crippen LogP contribution in [0, 0.1) is 13.8 Å². The zero-order chi connectivity index (χ0) is 22.7. The van der Waals surface area contributed by atoms with E-state index in [1.807, 2.05) is 18.7 Å². The lowest BCUT2D eigenvalue weighted by Gasteiger charge is -2.39. The number of aryl methyl sites for hydroxylation is 1. The Morgan fingerprint density at radius 1 is 1.23 bits per heavy atom. The molecule has 8 nitrogen and oxygen atoms in total. The molecule has 2 heterocycles. The first-order valence-corrected chi connectivity index (χ1v) is 10.9. The summed E-state index contributed by atoms with van der Waals surface area (Å²) in [5.74, 6) is 0.741. The van der Waals surface area contributed by atoms with E-state index >= 15 is 0 Å². The number of aliphatic hydroxyl groups is 1. The van der Waals surface area contributed by atoms with Gasteiger partial charge in [-0.25, -0.2) is 4.79 Å². The highest BCUT2D eigenvalue weighted by Crippen LogP contribution is 2.23. The second-order valence-corrected chi connectivity index (χ2v) is 8.81. The number of rotatable bonds is 6. The van der Waals surface area contributed by atoms with Gasteiger partial charge in [-0.15, -0.1) is 10.2 Å². The van der Waals surface area contributed by atoms with Crippen molar-refractivity contribution in [2.24, 2.45) is 0 Å². The van der Waals surface area contributed by atoms with Crippen LogP contribution in [0.1, 0.15) is 67.8 Å². The van der Waals surface area contributed by atoms with Crippen LogP contribution < -0.4 is 0 Å². The fraction of sp³-hybridized carbons (Fsp3) is 0.609. The number of ether oxygens (including phenoxy) is 1. The van der Waals surface area contributed by atoms with Crippen LogP contribution >= 0.6 is 0 Å². The molecule has 1 aromatic heterocycles. The predicted octanol–water partition coefficient (Wildman–Crippen LogP) is 3.38. The van der Waals surface area contributed by atoms with E-state index in [2.05, 4.69) is 48.0 Å². The Bertz CT molecular complexity index is 909. The molecule has 0 saturated carbocycles. The van der Waals surface area contributed by atoms with Crippen molar-refractivity contribution in [2.45, 2.75) is 72.8 Å². The summed E-state index contributed by atoms with van der Waals surface area (Å²) in [6.45, 7) is 14.7. The molecule has 8 heteroatoms. The third-order valence-electron chi connectivity index (χ3n) is 5.63. The molecule has 0 spiro atoms. The Morgan fingerprint density at radius 2 is 1.94 bits per heavy atom. The number of hydrogen-bond donors (Lipinski definition) is 1. The predicted molar refractivity (Wildman–Crippen MR) is 117 cm³/mol. The van der Waals surface area contributed by atoms with Crippen molar-refractivity contribution >= 4 is 6.09 Å². The molecule has 0 radical (unpaired) electrons. The van der Waals surface area contributed by atoms with Crippen LogP contribution in [0.5, 0.6) is 0 Å². The number of carbonyl (C=O) groups excluding carboxylic acids is 1. The van der Waals surface area contributed by atoms with E-state index in [-0.39, 0.29) is 24.1 Å². The lowest BCUT2D eigenvalue weighted by molar-refractivity contribution is 0.0349. The number of benzene rings is 1. The number of aromatic nitrogens is 2. The Hall–Kier alpha value is -2.45. The molecule has 2 atom stereocenters. The zero-order valence-corrected chi connectivity index (χ0v) is 19.4. The summed E-state index contributed by atoms with van der Waals surface area (Å²) in [5.41, 5.74) is 4.79. The van der Waals surface area contributed by atoms with Gasteiger partial charge in [-0.05, 0) is 58.2 Å². The number of amides is 1. The van der Waals surface area contributed by atoms with Gasteiger partial charge in [0.15, 0.2) is 0 Å². The molecule has 31 heavy (non-hydrogen) atoms. The van der Waals surface area contributed by atoms with Crippen LogP contribution in [0.3, 0.4) is 0 Å². The number of hydrogen-bond acceptors (Lipinski definition) is 7. The first kappa shape index (κ1) is 23.2. The molecule has 2 aromatic rings. The Labute approximate surface area is 184 Å². The van der Waals surface area contributed by atoms with E-state index in [0.717, 1.165) is 25.2 Å². The molecule has 1 aromatic carbocycles. The molecule has 1 aliphatic heterocycles. The van der Waals surface area contributed by atoms with Gasteiger partial charge in [0, 0.05) is 32.2 Å². The average molecular weight is 431 g/mol. The maximum atomic E-state index is 12.3. The normalized spacial score (nSPS) is 18.5. The van der Waals surface area contributed by atoms with Gasteiger partial charge in [-0.1, -0.05) is 17.7 Å². The van der Waals surface area contributed by atoms with Crippen molar-refractivity contribution in [1.82, 2.24) is 20.0 Å². The number of piperazine rings is 1. The smallest absolute Gasteiger partial charge is 0.410 e. The fourth-order valence-electron chi connectivity index (χ4n) is 3.99. The quantitative estimate of drug-likeness (QED) is 0.751. The fourth-order valence-corrected chi connectivity index (χ4v) is 3.99. The molecular weight excluding hydrogens is 396 g/mol. The number of nitrogens with zero attached hydrogens (tertiary/aromatic N) is 4. The highest BCUT2D eigenvalue weighted by Gasteiger charge is 2.29. The van der Waals surface area contributed by atoms with Crippen molar-refractivity contribution in [1.29, 1.82) is 0 Å². The van der Waals surface area contributed by atoms with E-state index in [1.54, 1.807) is 6.92 Å². The van der Waals surface area contributed by atoms with Crippen molar-refractivity contribution in [3.05, 3.63) is 46.2 Å². The lowest BCUT2D eigenvalue weighted by atomic mass is 9.96. The standard InChI is InChI=1S/C23H34N4O4/c1-14(2)30-23(29)27-8-7-26(12-16(27)4)13-20-10-15(3)9-19(17(20)5)11-21-24-25-22(31-21)18(6)28/h9-10,14,16,18,28H,7-8,11-13H2,1-6H3/t16-,18+/m0/s1. The summed E-state index contributed by atoms with van der Waals surface area (Å²) in [6.07, 6.45) is -0.575. The Balaban J connectivity index is 1.69. The van der Waals surface area contributed by atoms with Gasteiger partial charge >= 0.3 is 6.09 Å². The molecule has 1 aliphatic rings. The third kappa shape index (κ3) is 5.83. The van der Waals surface area contributed by atoms with Crippen LogP contribution in [0.4, 0.5) is 4.79 Å². The number of carbonyl (C=O) groups is 1. The van der Waals surface area contributed by atoms with Gasteiger partial charge in [-0.3, -0.25) is 4.90 Å². The second-order valence-electron chi connectivity index (χ2n) is 8.81. The summed E-state index contributed by atoms with van der Waals surface area (Å²) in [5, 5.41) is 17.6. The molecule has 0 aliphatic carbocycles. The minimum Gasteiger partial charge on any atom is -0.447 e. The van der Waals surface area contributed by atoms with Crippen molar-refractivity contribution in [3.8, 4) is 0 Å². The summed E-state index contributed by atoms with van der Waals surface area (Å²) >= 11 is 0. The van der Waals surface area contributed by atoms with Crippen LogP contribution in [0.2, 0.25) is 0 Å². The molecule has 170 valence electrons. The molecule has 1 saturated heterocycles. The van der Waals surface area contributed by atoms with Gasteiger partial charge in [-0.2, -0.15) is 0 Å². The van der Waals surface area contributed by atoms with Gasteiger partial charge < -0.3 is 19.2 Å². The molecule has 0 unspecified atom stereocenters. The molecule has 1 N–H and O–H groups in total. The van der Waals surface area contributed by atoms with E-state index < -0.39 is 6.10 Å². The van der Waals surface area contributed by atoms with Crippen LogP contribution in [0.15, 0.2) is 16.5 Å². The summed E-state index contributed by atoms with van der Waals surface area (Å²) in [7, 11) is 0. The minimum absolute atomic E-state index is 0.0990. The third-order valence-corrected chi connectivity index (χ3v) is 5.63. The summed E-state index contributed by atoms with van der Waals surface area (Å²) in [4.78, 5) is 16.5. The molecule has 1 fully saturated rings. The first-order chi connectivity index (χ1) is 14.6. The average Bonchev–Trinajstić information content (AvgIpc) is 3.14. The Morgan fingerprint density at radius 3 is 2.55 bits per heavy atom. The first-order valence-electron chi connectivity index (χ1n) is 10.9. The highest BCUT2D eigenvalue weighted by atomic mass is 16.6. The van der Waals surface area contributed by atoms with Gasteiger partial charge in [0.25, 0.3) is 0 Å². The minimum atomic E-state index is -0.770. The van der Waals surface area contributed by atoms with Crippen molar-refractivity contribution < 1.29 is 19.1 Å². The van der Waals surface area contributed by atoms with Crippen LogP contribution in [-0.4, -0.2) is 63.0 Å². The SMILES string of the molecule is Cc1cc(Cc2nnc([C@@H](C)O)o2)c(C)c(CN2CCN(C(=O)OC(C)C)[C@@H](C)C2)c1. The van der Waals surface area contributed by atoms with E-state index in [9.17, 15) is 9.90 Å². The molecular formula is C23H34N4O4. The zero-order valence-electron chi connectivity index (χ0n) is 19.4. The summed E-state index contributed by atoms with van der Waals surface area (Å²) < 4.78 is 10.9. The monoisotopic (exact) mass is 430 g/mol. The topological polar surface area (TPSA) is 91.9 Å². The Kier molecular flexibility index (Phi) is 7.33. The maximum absolute atomic E-state index is 12.3. The van der Waals surface area contributed by atoms with Gasteiger partial charge in [0.1, 0.15) is 6.10 Å². The maximum Gasteiger partial charge on any atom is 0.410 e. The molecule has 3 rings (SSSR count). The number of aliphatic hydroxyl groups excluding tert-OH is 1. The van der Waals surface area contributed by atoms with E-state index in [1.165, 1.54) is 16.7 Å². The second kappa shape index (κ2) is 9.78. The van der Waals surface area contributed by atoms with E-state index in [4.69, 9.17) is 9.15 Å². The molecule has 1 amide bonds. The lowest BCUT2D eigenvalue weighted by Crippen LogP contribution is -2.54. The highest BCUT2D eigenvalue weighted by molar-refractivity contribution is 5.68. The van der Waals surface area contributed by atoms with Crippen LogP contribution in [0.25, 0.3) is 0 Å². The van der Waals surface area contributed by atoms with Crippen molar-refractivity contribution in [3.63, 3.8) is 0 Å². The molecule has 0 bridgehead atoms. The largest absolute Gasteiger partial charge is 0.447 e. The van der Waals surface area contributed by atoms with Gasteiger partial charge in [0.05, 0.1) is 12.5 Å². The van der Waals surface area contributed by atoms with Crippen molar-refractivity contribution in [2.75, 3.05) is 19.6 Å².